The zero-order valence-electron chi connectivity index (χ0n) is 24.9. The first kappa shape index (κ1) is 27.7. The van der Waals surface area contributed by atoms with Crippen LogP contribution < -0.4 is 5.32 Å². The summed E-state index contributed by atoms with van der Waals surface area (Å²) in [5.74, 6) is 5.57. The van der Waals surface area contributed by atoms with Crippen molar-refractivity contribution < 1.29 is 4.39 Å². The molecule has 0 aromatic rings. The molecule has 4 rings (SSSR count). The molecule has 2 heteroatoms. The lowest BCUT2D eigenvalue weighted by Crippen LogP contribution is -2.55. The lowest BCUT2D eigenvalue weighted by atomic mass is 9.44. The smallest absolute Gasteiger partial charge is 0.111 e. The summed E-state index contributed by atoms with van der Waals surface area (Å²) in [7, 11) is 0. The molecule has 0 amide bonds. The standard InChI is InChI=1S/C33H58FN/c1-11-14-26-17-20(4)33(26,13-3)22(6)30-23(7)35-29-19-25(18-27(29)30)21(5)28(12-2)31(9)15-16-32(10,34)24(31)8/h12,20-27,29-30,35H,11,13-19H2,1-10H3/b28-12+/t20?,21?,22?,23?,24?,25?,26?,27?,29?,30?,31?,32?,33-/m1/s1. The number of allylic oxidation sites excluding steroid dienone is 2. The number of hydrogen-bond acceptors (Lipinski definition) is 1. The van der Waals surface area contributed by atoms with Crippen molar-refractivity contribution in [3.8, 4) is 0 Å². The van der Waals surface area contributed by atoms with Crippen LogP contribution in [0.2, 0.25) is 0 Å². The van der Waals surface area contributed by atoms with Gasteiger partial charge in [-0.25, -0.2) is 4.39 Å². The average molecular weight is 488 g/mol. The predicted molar refractivity (Wildman–Crippen MR) is 149 cm³/mol. The third-order valence-corrected chi connectivity index (χ3v) is 13.3. The lowest BCUT2D eigenvalue weighted by molar-refractivity contribution is -0.121. The largest absolute Gasteiger partial charge is 0.311 e. The van der Waals surface area contributed by atoms with Crippen molar-refractivity contribution in [3.63, 3.8) is 0 Å². The molecular formula is C33H58FN. The Labute approximate surface area is 217 Å². The second kappa shape index (κ2) is 9.74. The molecule has 12 unspecified atom stereocenters. The van der Waals surface area contributed by atoms with Crippen molar-refractivity contribution >= 4 is 0 Å². The van der Waals surface area contributed by atoms with E-state index in [1.165, 1.54) is 38.5 Å². The van der Waals surface area contributed by atoms with Crippen molar-refractivity contribution in [2.75, 3.05) is 0 Å². The fraction of sp³-hybridized carbons (Fsp3) is 0.939. The molecule has 4 fully saturated rings. The van der Waals surface area contributed by atoms with E-state index in [1.54, 1.807) is 5.57 Å². The van der Waals surface area contributed by atoms with E-state index in [9.17, 15) is 0 Å². The van der Waals surface area contributed by atoms with Crippen molar-refractivity contribution in [1.29, 1.82) is 0 Å². The Hall–Kier alpha value is -0.370. The maximum atomic E-state index is 15.3. The minimum absolute atomic E-state index is 0.00376. The molecule has 35 heavy (non-hydrogen) atoms. The topological polar surface area (TPSA) is 12.0 Å². The summed E-state index contributed by atoms with van der Waals surface area (Å²) in [5, 5.41) is 4.12. The van der Waals surface area contributed by atoms with Gasteiger partial charge < -0.3 is 5.32 Å². The third-order valence-electron chi connectivity index (χ3n) is 13.3. The maximum absolute atomic E-state index is 15.3. The molecule has 1 aliphatic heterocycles. The van der Waals surface area contributed by atoms with Crippen molar-refractivity contribution in [2.45, 2.75) is 138 Å². The Morgan fingerprint density at radius 2 is 1.74 bits per heavy atom. The average Bonchev–Trinajstić information content (AvgIpc) is 3.40. The maximum Gasteiger partial charge on any atom is 0.111 e. The molecule has 1 N–H and O–H groups in total. The van der Waals surface area contributed by atoms with Gasteiger partial charge in [0.25, 0.3) is 0 Å². The number of fused-ring (bicyclic) bond motifs is 1. The van der Waals surface area contributed by atoms with Crippen LogP contribution in [0.1, 0.15) is 121 Å². The van der Waals surface area contributed by atoms with Gasteiger partial charge in [0, 0.05) is 12.1 Å². The van der Waals surface area contributed by atoms with Crippen molar-refractivity contribution in [3.05, 3.63) is 11.6 Å². The quantitative estimate of drug-likeness (QED) is 0.336. The minimum atomic E-state index is -1.03. The third kappa shape index (κ3) is 4.10. The van der Waals surface area contributed by atoms with Gasteiger partial charge in [-0.15, -0.1) is 0 Å². The Morgan fingerprint density at radius 1 is 1.06 bits per heavy atom. The molecule has 13 atom stereocenters. The second-order valence-corrected chi connectivity index (χ2v) is 14.4. The Bertz CT molecular complexity index is 784. The molecule has 3 saturated carbocycles. The first-order chi connectivity index (χ1) is 16.4. The molecule has 0 spiro atoms. The van der Waals surface area contributed by atoms with Crippen LogP contribution in [0.15, 0.2) is 11.6 Å². The molecule has 0 bridgehead atoms. The molecule has 1 saturated heterocycles. The summed E-state index contributed by atoms with van der Waals surface area (Å²) in [5.41, 5.74) is 1.07. The summed E-state index contributed by atoms with van der Waals surface area (Å²) in [6.07, 6.45) is 12.3. The van der Waals surface area contributed by atoms with Crippen LogP contribution in [-0.4, -0.2) is 17.8 Å². The Kier molecular flexibility index (Phi) is 7.70. The highest BCUT2D eigenvalue weighted by molar-refractivity contribution is 5.24. The highest BCUT2D eigenvalue weighted by Crippen LogP contribution is 2.65. The molecule has 1 heterocycles. The summed E-state index contributed by atoms with van der Waals surface area (Å²) in [4.78, 5) is 0. The Morgan fingerprint density at radius 3 is 2.26 bits per heavy atom. The van der Waals surface area contributed by atoms with Gasteiger partial charge in [-0.2, -0.15) is 0 Å². The van der Waals surface area contributed by atoms with Gasteiger partial charge in [0.2, 0.25) is 0 Å². The zero-order chi connectivity index (χ0) is 25.9. The van der Waals surface area contributed by atoms with Crippen molar-refractivity contribution in [1.82, 2.24) is 5.32 Å². The van der Waals surface area contributed by atoms with E-state index in [0.29, 0.717) is 29.8 Å². The normalized spacial score (nSPS) is 51.8. The van der Waals surface area contributed by atoms with Crippen LogP contribution in [0.25, 0.3) is 0 Å². The van der Waals surface area contributed by atoms with Gasteiger partial charge in [0.05, 0.1) is 0 Å². The van der Waals surface area contributed by atoms with E-state index in [4.69, 9.17) is 0 Å². The summed E-state index contributed by atoms with van der Waals surface area (Å²) < 4.78 is 15.3. The molecule has 0 aromatic heterocycles. The number of nitrogens with one attached hydrogen (secondary N) is 1. The van der Waals surface area contributed by atoms with E-state index in [1.807, 2.05) is 6.92 Å². The van der Waals surface area contributed by atoms with Gasteiger partial charge in [-0.05, 0) is 117 Å². The van der Waals surface area contributed by atoms with Gasteiger partial charge in [-0.1, -0.05) is 73.0 Å². The lowest BCUT2D eigenvalue weighted by Gasteiger charge is -2.61. The van der Waals surface area contributed by atoms with E-state index in [0.717, 1.165) is 41.9 Å². The Balaban J connectivity index is 1.53. The summed E-state index contributed by atoms with van der Waals surface area (Å²) >= 11 is 0. The first-order valence-corrected chi connectivity index (χ1v) is 15.5. The van der Waals surface area contributed by atoms with E-state index in [2.05, 4.69) is 73.7 Å². The number of alkyl halides is 1. The van der Waals surface area contributed by atoms with E-state index < -0.39 is 5.67 Å². The van der Waals surface area contributed by atoms with Crippen molar-refractivity contribution in [2.24, 2.45) is 58.2 Å². The van der Waals surface area contributed by atoms with Crippen LogP contribution in [0.3, 0.4) is 0 Å². The minimum Gasteiger partial charge on any atom is -0.311 e. The summed E-state index contributed by atoms with van der Waals surface area (Å²) in [6, 6.07) is 1.31. The SMILES string of the molecule is C/C=C(\C(C)C1CC2NC(C)C(C(C)[C@@]3(CC)C(C)CC3CCC)C2C1)C1(C)CCC(C)(F)C1C. The van der Waals surface area contributed by atoms with Crippen LogP contribution >= 0.6 is 0 Å². The number of halogens is 1. The fourth-order valence-corrected chi connectivity index (χ4v) is 11.1. The van der Waals surface area contributed by atoms with Crippen LogP contribution in [0.5, 0.6) is 0 Å². The molecular weight excluding hydrogens is 429 g/mol. The molecule has 0 radical (unpaired) electrons. The highest BCUT2D eigenvalue weighted by atomic mass is 19.1. The predicted octanol–water partition coefficient (Wildman–Crippen LogP) is 9.22. The molecule has 202 valence electrons. The van der Waals surface area contributed by atoms with Gasteiger partial charge in [0.15, 0.2) is 0 Å². The van der Waals surface area contributed by atoms with Crippen LogP contribution in [-0.2, 0) is 0 Å². The molecule has 1 nitrogen and oxygen atoms in total. The number of hydrogen-bond donors (Lipinski definition) is 1. The first-order valence-electron chi connectivity index (χ1n) is 15.5. The second-order valence-electron chi connectivity index (χ2n) is 14.4. The van der Waals surface area contributed by atoms with Crippen LogP contribution in [0.4, 0.5) is 4.39 Å². The number of rotatable bonds is 8. The fourth-order valence-electron chi connectivity index (χ4n) is 11.1. The van der Waals surface area contributed by atoms with E-state index >= 15 is 4.39 Å². The molecule has 0 aromatic carbocycles. The molecule has 3 aliphatic carbocycles. The van der Waals surface area contributed by atoms with Gasteiger partial charge >= 0.3 is 0 Å². The van der Waals surface area contributed by atoms with Gasteiger partial charge in [-0.3, -0.25) is 0 Å². The highest BCUT2D eigenvalue weighted by Gasteiger charge is 2.60. The zero-order valence-corrected chi connectivity index (χ0v) is 24.9. The van der Waals surface area contributed by atoms with Crippen LogP contribution in [0, 0.1) is 58.2 Å². The van der Waals surface area contributed by atoms with E-state index in [-0.39, 0.29) is 11.3 Å². The monoisotopic (exact) mass is 487 g/mol. The molecule has 4 aliphatic rings. The van der Waals surface area contributed by atoms with Gasteiger partial charge in [0.1, 0.15) is 5.67 Å². The summed E-state index contributed by atoms with van der Waals surface area (Å²) in [6.45, 7) is 23.6.